The molecule has 6 heteroatoms. The number of ether oxygens (including phenoxy) is 1. The minimum absolute atomic E-state index is 0.0607. The van der Waals surface area contributed by atoms with Gasteiger partial charge in [-0.15, -0.1) is 11.3 Å². The standard InChI is InChI=1S/C17H26N2O3S/c1-4-11(3)18-10-14(20)19-16-15(17(21)22-5-2)12-8-6-7-9-13(12)23-16/h11,18H,4-10H2,1-3H3,(H,19,20)/p+1. The van der Waals surface area contributed by atoms with Crippen molar-refractivity contribution < 1.29 is 19.6 Å². The molecule has 1 aliphatic rings. The van der Waals surface area contributed by atoms with Crippen LogP contribution >= 0.6 is 11.3 Å². The fraction of sp³-hybridized carbons (Fsp3) is 0.647. The highest BCUT2D eigenvalue weighted by Gasteiger charge is 2.27. The number of carbonyl (C=O) groups excluding carboxylic acids is 2. The molecule has 0 saturated carbocycles. The molecule has 0 saturated heterocycles. The van der Waals surface area contributed by atoms with Crippen LogP contribution in [0.15, 0.2) is 0 Å². The Kier molecular flexibility index (Phi) is 6.59. The molecule has 0 radical (unpaired) electrons. The average molecular weight is 339 g/mol. The summed E-state index contributed by atoms with van der Waals surface area (Å²) in [7, 11) is 0. The molecular weight excluding hydrogens is 312 g/mol. The fourth-order valence-corrected chi connectivity index (χ4v) is 4.02. The molecular formula is C17H27N2O3S+. The number of nitrogens with one attached hydrogen (secondary N) is 1. The lowest BCUT2D eigenvalue weighted by atomic mass is 9.95. The van der Waals surface area contributed by atoms with Gasteiger partial charge in [0.25, 0.3) is 5.91 Å². The van der Waals surface area contributed by atoms with Gasteiger partial charge in [-0.1, -0.05) is 6.92 Å². The summed E-state index contributed by atoms with van der Waals surface area (Å²) >= 11 is 1.54. The minimum atomic E-state index is -0.312. The Bertz CT molecular complexity index is 568. The zero-order valence-corrected chi connectivity index (χ0v) is 15.1. The molecule has 1 heterocycles. The second kappa shape index (κ2) is 8.45. The van der Waals surface area contributed by atoms with E-state index in [2.05, 4.69) is 19.2 Å². The van der Waals surface area contributed by atoms with Crippen LogP contribution in [0.4, 0.5) is 5.00 Å². The number of hydrogen-bond acceptors (Lipinski definition) is 4. The zero-order valence-electron chi connectivity index (χ0n) is 14.2. The molecule has 1 amide bonds. The SMILES string of the molecule is CCOC(=O)c1c(NC(=O)C[NH2+]C(C)CC)sc2c1CCCC2. The smallest absolute Gasteiger partial charge is 0.341 e. The molecule has 3 N–H and O–H groups in total. The average Bonchev–Trinajstić information content (AvgIpc) is 2.90. The first-order valence-electron chi connectivity index (χ1n) is 8.51. The van der Waals surface area contributed by atoms with Gasteiger partial charge in [-0.3, -0.25) is 4.79 Å². The Hall–Kier alpha value is -1.40. The summed E-state index contributed by atoms with van der Waals surface area (Å²) in [6, 6.07) is 0.418. The van der Waals surface area contributed by atoms with Gasteiger partial charge in [0.2, 0.25) is 0 Å². The van der Waals surface area contributed by atoms with E-state index in [1.165, 1.54) is 16.2 Å². The molecule has 1 aliphatic carbocycles. The number of esters is 1. The molecule has 23 heavy (non-hydrogen) atoms. The van der Waals surface area contributed by atoms with Crippen molar-refractivity contribution >= 4 is 28.2 Å². The van der Waals surface area contributed by atoms with Crippen LogP contribution in [0.25, 0.3) is 0 Å². The van der Waals surface area contributed by atoms with E-state index >= 15 is 0 Å². The maximum Gasteiger partial charge on any atom is 0.341 e. The summed E-state index contributed by atoms with van der Waals surface area (Å²) in [6.45, 7) is 6.72. The molecule has 1 aromatic rings. The number of carbonyl (C=O) groups is 2. The molecule has 1 atom stereocenters. The molecule has 0 bridgehead atoms. The van der Waals surface area contributed by atoms with Crippen LogP contribution in [0.3, 0.4) is 0 Å². The van der Waals surface area contributed by atoms with E-state index in [4.69, 9.17) is 4.74 Å². The Labute approximate surface area is 141 Å². The number of hydrogen-bond donors (Lipinski definition) is 2. The molecule has 0 fully saturated rings. The van der Waals surface area contributed by atoms with E-state index in [0.717, 1.165) is 37.7 Å². The number of nitrogens with two attached hydrogens (primary N) is 1. The third-order valence-electron chi connectivity index (χ3n) is 4.25. The second-order valence-electron chi connectivity index (χ2n) is 6.01. The molecule has 5 nitrogen and oxygen atoms in total. The van der Waals surface area contributed by atoms with Crippen LogP contribution < -0.4 is 10.6 Å². The van der Waals surface area contributed by atoms with Crippen molar-refractivity contribution in [1.82, 2.24) is 0 Å². The lowest BCUT2D eigenvalue weighted by molar-refractivity contribution is -0.675. The third kappa shape index (κ3) is 4.54. The highest BCUT2D eigenvalue weighted by atomic mass is 32.1. The number of aryl methyl sites for hydroxylation is 1. The first kappa shape index (κ1) is 17.9. The number of thiophene rings is 1. The van der Waals surface area contributed by atoms with E-state index in [1.807, 2.05) is 5.32 Å². The van der Waals surface area contributed by atoms with Gasteiger partial charge < -0.3 is 15.4 Å². The predicted molar refractivity (Wildman–Crippen MR) is 92.1 cm³/mol. The van der Waals surface area contributed by atoms with E-state index in [0.29, 0.717) is 29.8 Å². The van der Waals surface area contributed by atoms with Crippen molar-refractivity contribution in [2.24, 2.45) is 0 Å². The number of rotatable bonds is 7. The fourth-order valence-electron chi connectivity index (χ4n) is 2.73. The van der Waals surface area contributed by atoms with Gasteiger partial charge in [-0.25, -0.2) is 4.79 Å². The third-order valence-corrected chi connectivity index (χ3v) is 5.46. The van der Waals surface area contributed by atoms with Crippen LogP contribution in [-0.2, 0) is 22.4 Å². The Morgan fingerprint density at radius 3 is 2.74 bits per heavy atom. The van der Waals surface area contributed by atoms with Gasteiger partial charge in [0.15, 0.2) is 6.54 Å². The van der Waals surface area contributed by atoms with Gasteiger partial charge in [0, 0.05) is 4.88 Å². The number of fused-ring (bicyclic) bond motifs is 1. The molecule has 2 rings (SSSR count). The van der Waals surface area contributed by atoms with Crippen LogP contribution in [-0.4, -0.2) is 31.1 Å². The summed E-state index contributed by atoms with van der Waals surface area (Å²) in [6.07, 6.45) is 5.14. The number of anilines is 1. The number of quaternary nitrogens is 1. The lowest BCUT2D eigenvalue weighted by Gasteiger charge is -2.12. The van der Waals surface area contributed by atoms with E-state index < -0.39 is 0 Å². The Morgan fingerprint density at radius 1 is 1.30 bits per heavy atom. The normalized spacial score (nSPS) is 14.9. The van der Waals surface area contributed by atoms with Crippen molar-refractivity contribution in [3.05, 3.63) is 16.0 Å². The monoisotopic (exact) mass is 339 g/mol. The highest BCUT2D eigenvalue weighted by Crippen LogP contribution is 2.38. The first-order valence-corrected chi connectivity index (χ1v) is 9.33. The molecule has 0 aliphatic heterocycles. The van der Waals surface area contributed by atoms with Crippen LogP contribution in [0.2, 0.25) is 0 Å². The van der Waals surface area contributed by atoms with Gasteiger partial charge in [0.1, 0.15) is 5.00 Å². The lowest BCUT2D eigenvalue weighted by Crippen LogP contribution is -2.90. The van der Waals surface area contributed by atoms with Crippen LogP contribution in [0.5, 0.6) is 0 Å². The Morgan fingerprint density at radius 2 is 2.04 bits per heavy atom. The maximum atomic E-state index is 12.3. The summed E-state index contributed by atoms with van der Waals surface area (Å²) in [5.74, 6) is -0.373. The van der Waals surface area contributed by atoms with Crippen molar-refractivity contribution in [2.45, 2.75) is 58.9 Å². The molecule has 0 spiro atoms. The van der Waals surface area contributed by atoms with Crippen molar-refractivity contribution in [3.8, 4) is 0 Å². The van der Waals surface area contributed by atoms with Gasteiger partial charge >= 0.3 is 5.97 Å². The maximum absolute atomic E-state index is 12.3. The Balaban J connectivity index is 2.15. The van der Waals surface area contributed by atoms with Crippen molar-refractivity contribution in [3.63, 3.8) is 0 Å². The zero-order chi connectivity index (χ0) is 16.8. The summed E-state index contributed by atoms with van der Waals surface area (Å²) < 4.78 is 5.20. The predicted octanol–water partition coefficient (Wildman–Crippen LogP) is 2.10. The van der Waals surface area contributed by atoms with Gasteiger partial charge in [-0.05, 0) is 51.5 Å². The highest BCUT2D eigenvalue weighted by molar-refractivity contribution is 7.17. The topological polar surface area (TPSA) is 72.0 Å². The van der Waals surface area contributed by atoms with Crippen LogP contribution in [0, 0.1) is 0 Å². The minimum Gasteiger partial charge on any atom is -0.462 e. The summed E-state index contributed by atoms with van der Waals surface area (Å²) in [5.41, 5.74) is 1.67. The molecule has 1 unspecified atom stereocenters. The molecule has 128 valence electrons. The number of amides is 1. The van der Waals surface area contributed by atoms with Crippen molar-refractivity contribution in [1.29, 1.82) is 0 Å². The van der Waals surface area contributed by atoms with E-state index in [-0.39, 0.29) is 11.9 Å². The van der Waals surface area contributed by atoms with Crippen molar-refractivity contribution in [2.75, 3.05) is 18.5 Å². The quantitative estimate of drug-likeness (QED) is 0.747. The van der Waals surface area contributed by atoms with Gasteiger partial charge in [0.05, 0.1) is 18.2 Å². The summed E-state index contributed by atoms with van der Waals surface area (Å²) in [4.78, 5) is 25.7. The first-order chi connectivity index (χ1) is 11.1. The van der Waals surface area contributed by atoms with Gasteiger partial charge in [-0.2, -0.15) is 0 Å². The van der Waals surface area contributed by atoms with E-state index in [1.54, 1.807) is 6.92 Å². The second-order valence-corrected chi connectivity index (χ2v) is 7.11. The molecule has 0 aromatic carbocycles. The van der Waals surface area contributed by atoms with E-state index in [9.17, 15) is 9.59 Å². The molecule has 1 aromatic heterocycles. The summed E-state index contributed by atoms with van der Waals surface area (Å²) in [5, 5.41) is 5.62. The largest absolute Gasteiger partial charge is 0.462 e. The van der Waals surface area contributed by atoms with Crippen LogP contribution in [0.1, 0.15) is 60.8 Å².